The molecule has 0 saturated carbocycles. The van der Waals surface area contributed by atoms with Crippen LogP contribution in [0.2, 0.25) is 0 Å². The Kier molecular flexibility index (Phi) is 7.17. The fraction of sp³-hybridized carbons (Fsp3) is 0.200. The smallest absolute Gasteiger partial charge is 0.326 e. The molecule has 5 aromatic rings. The number of rotatable bonds is 7. The molecule has 0 radical (unpaired) electrons. The minimum absolute atomic E-state index is 0.0103. The average Bonchev–Trinajstić information content (AvgIpc) is 3.60. The Balaban J connectivity index is 1.21. The van der Waals surface area contributed by atoms with Gasteiger partial charge >= 0.3 is 11.3 Å². The number of fused-ring (bicyclic) bond motifs is 1. The number of aryl methyl sites for hydroxylation is 3. The summed E-state index contributed by atoms with van der Waals surface area (Å²) < 4.78 is 7.43. The highest BCUT2D eigenvalue weighted by Gasteiger charge is 2.45. The maximum Gasteiger partial charge on any atom is 0.431 e. The summed E-state index contributed by atoms with van der Waals surface area (Å²) >= 11 is 7.32. The van der Waals surface area contributed by atoms with Crippen LogP contribution in [0.4, 0.5) is 11.4 Å². The van der Waals surface area contributed by atoms with E-state index in [9.17, 15) is 14.4 Å². The molecule has 2 N–H and O–H groups in total. The number of amides is 2. The van der Waals surface area contributed by atoms with Crippen LogP contribution in [0.3, 0.4) is 0 Å². The summed E-state index contributed by atoms with van der Waals surface area (Å²) in [5, 5.41) is 6.47. The number of hydrogen-bond donors (Lipinski definition) is 2. The van der Waals surface area contributed by atoms with Crippen LogP contribution >= 0.6 is 23.6 Å². The van der Waals surface area contributed by atoms with Gasteiger partial charge in [0, 0.05) is 11.3 Å². The monoisotopic (exact) mass is 599 g/mol. The van der Waals surface area contributed by atoms with Crippen LogP contribution in [0.1, 0.15) is 23.2 Å². The van der Waals surface area contributed by atoms with Crippen molar-refractivity contribution < 1.29 is 18.8 Å². The van der Waals surface area contributed by atoms with Crippen molar-refractivity contribution in [2.75, 3.05) is 10.2 Å². The van der Waals surface area contributed by atoms with Gasteiger partial charge in [-0.25, -0.2) is 9.78 Å². The normalized spacial score (nSPS) is 15.2. The second-order valence-electron chi connectivity index (χ2n) is 10.2. The second-order valence-corrected chi connectivity index (χ2v) is 11.6. The van der Waals surface area contributed by atoms with E-state index < -0.39 is 11.7 Å². The summed E-state index contributed by atoms with van der Waals surface area (Å²) in [6.45, 7) is 3.99. The molecule has 1 atom stereocenters. The van der Waals surface area contributed by atoms with Gasteiger partial charge in [-0.15, -0.1) is 11.3 Å². The van der Waals surface area contributed by atoms with Crippen molar-refractivity contribution in [3.8, 4) is 10.6 Å². The van der Waals surface area contributed by atoms with Gasteiger partial charge in [0.2, 0.25) is 5.91 Å². The number of thiocarbonyl (C=S) groups is 1. The van der Waals surface area contributed by atoms with E-state index in [0.717, 1.165) is 26.4 Å². The van der Waals surface area contributed by atoms with E-state index in [1.54, 1.807) is 35.4 Å². The maximum atomic E-state index is 13.7. The number of nitrogens with zero attached hydrogens (tertiary/aromatic N) is 4. The van der Waals surface area contributed by atoms with Crippen molar-refractivity contribution in [1.29, 1.82) is 0 Å². The first-order valence-corrected chi connectivity index (χ1v) is 14.5. The molecule has 42 heavy (non-hydrogen) atoms. The zero-order valence-corrected chi connectivity index (χ0v) is 24.7. The molecule has 1 aliphatic heterocycles. The molecule has 2 amide bonds. The molecule has 10 nitrogen and oxygen atoms in total. The third-order valence-corrected chi connectivity index (χ3v) is 8.67. The van der Waals surface area contributed by atoms with Gasteiger partial charge in [0.05, 0.1) is 22.3 Å². The number of carbonyl (C=O) groups excluding carboxylic acids is 2. The van der Waals surface area contributed by atoms with Crippen LogP contribution in [0.25, 0.3) is 20.8 Å². The van der Waals surface area contributed by atoms with Crippen molar-refractivity contribution in [3.05, 3.63) is 94.0 Å². The predicted octanol–water partition coefficient (Wildman–Crippen LogP) is 4.22. The number of benzene rings is 3. The zero-order chi connectivity index (χ0) is 29.5. The minimum Gasteiger partial charge on any atom is -0.326 e. The van der Waals surface area contributed by atoms with Gasteiger partial charge in [0.25, 0.3) is 5.91 Å². The van der Waals surface area contributed by atoms with Crippen molar-refractivity contribution in [1.82, 2.24) is 15.2 Å². The van der Waals surface area contributed by atoms with Gasteiger partial charge in [-0.1, -0.05) is 28.4 Å². The molecule has 0 spiro atoms. The lowest BCUT2D eigenvalue weighted by Crippen LogP contribution is -2.44. The molecule has 212 valence electrons. The third-order valence-electron chi connectivity index (χ3n) is 7.19. The summed E-state index contributed by atoms with van der Waals surface area (Å²) in [5.74, 6) is -0.705. The Labute approximate surface area is 250 Å². The van der Waals surface area contributed by atoms with Gasteiger partial charge in [-0.3, -0.25) is 19.0 Å². The molecule has 1 aliphatic rings. The Morgan fingerprint density at radius 2 is 1.79 bits per heavy atom. The quantitative estimate of drug-likeness (QED) is 0.213. The Bertz CT molecular complexity index is 1890. The molecule has 2 aromatic heterocycles. The Morgan fingerprint density at radius 1 is 1.07 bits per heavy atom. The summed E-state index contributed by atoms with van der Waals surface area (Å²) in [6, 6.07) is 20.1. The van der Waals surface area contributed by atoms with Gasteiger partial charge in [0.1, 0.15) is 17.6 Å². The standard InChI is InChI=1S/C30H26N6O4S2/c1-17-4-11-21(12-5-17)36-28(38)23(35(30(36)41)16-24-29(39)40-33-34(24)3)15-26(37)31-20-9-7-19(8-10-20)27-32-22-13-6-18(2)14-25(22)42-27/h4-14,23H,15-16H2,1-3H3,(H-,31,32,33,37,39)/p+1. The molecule has 0 bridgehead atoms. The molecule has 12 heteroatoms. The third kappa shape index (κ3) is 5.21. The molecular weight excluding hydrogens is 573 g/mol. The van der Waals surface area contributed by atoms with Crippen molar-refractivity contribution in [2.24, 2.45) is 7.05 Å². The van der Waals surface area contributed by atoms with Gasteiger partial charge < -0.3 is 10.2 Å². The first kappa shape index (κ1) is 27.5. The average molecular weight is 600 g/mol. The summed E-state index contributed by atoms with van der Waals surface area (Å²) in [5.41, 5.74) is 4.99. The molecular formula is C30H27N6O4S2+. The predicted molar refractivity (Wildman–Crippen MR) is 164 cm³/mol. The van der Waals surface area contributed by atoms with E-state index in [1.165, 1.54) is 15.1 Å². The van der Waals surface area contributed by atoms with Gasteiger partial charge in [0.15, 0.2) is 12.2 Å². The fourth-order valence-corrected chi connectivity index (χ4v) is 6.33. The number of hydrogen-bond acceptors (Lipinski definition) is 7. The number of aromatic amines is 1. The molecule has 1 saturated heterocycles. The Morgan fingerprint density at radius 3 is 2.48 bits per heavy atom. The minimum atomic E-state index is -0.918. The lowest BCUT2D eigenvalue weighted by atomic mass is 10.1. The van der Waals surface area contributed by atoms with E-state index in [1.807, 2.05) is 55.5 Å². The molecule has 0 aliphatic carbocycles. The molecule has 1 fully saturated rings. The van der Waals surface area contributed by atoms with Crippen molar-refractivity contribution in [3.63, 3.8) is 0 Å². The maximum absolute atomic E-state index is 13.7. The number of H-pyrrole nitrogens is 1. The summed E-state index contributed by atoms with van der Waals surface area (Å²) in [7, 11) is 1.62. The van der Waals surface area contributed by atoms with E-state index in [4.69, 9.17) is 21.7 Å². The van der Waals surface area contributed by atoms with Crippen LogP contribution < -0.4 is 20.5 Å². The van der Waals surface area contributed by atoms with E-state index in [2.05, 4.69) is 23.6 Å². The highest BCUT2D eigenvalue weighted by atomic mass is 32.1. The van der Waals surface area contributed by atoms with Crippen LogP contribution in [0, 0.1) is 13.8 Å². The number of nitrogens with one attached hydrogen (secondary N) is 2. The van der Waals surface area contributed by atoms with Crippen LogP contribution in [-0.2, 0) is 23.2 Å². The van der Waals surface area contributed by atoms with E-state index >= 15 is 0 Å². The van der Waals surface area contributed by atoms with Gasteiger partial charge in [-0.2, -0.15) is 0 Å². The highest BCUT2D eigenvalue weighted by Crippen LogP contribution is 2.32. The first-order chi connectivity index (χ1) is 20.2. The second kappa shape index (κ2) is 11.0. The number of anilines is 2. The number of carbonyl (C=O) groups is 2. The Hall–Kier alpha value is -4.68. The van der Waals surface area contributed by atoms with Gasteiger partial charge in [-0.05, 0) is 85.4 Å². The topological polar surface area (TPSA) is 115 Å². The van der Waals surface area contributed by atoms with Crippen molar-refractivity contribution in [2.45, 2.75) is 32.9 Å². The molecule has 6 rings (SSSR count). The molecule has 3 heterocycles. The lowest BCUT2D eigenvalue weighted by molar-refractivity contribution is -0.746. The summed E-state index contributed by atoms with van der Waals surface area (Å²) in [4.78, 5) is 47.0. The number of thiazole rings is 1. The van der Waals surface area contributed by atoms with E-state index in [-0.39, 0.29) is 35.6 Å². The number of aromatic nitrogens is 3. The largest absolute Gasteiger partial charge is 0.431 e. The van der Waals surface area contributed by atoms with Crippen LogP contribution in [-0.4, -0.2) is 38.1 Å². The highest BCUT2D eigenvalue weighted by molar-refractivity contribution is 7.80. The van der Waals surface area contributed by atoms with Crippen LogP contribution in [0.5, 0.6) is 0 Å². The fourth-order valence-electron chi connectivity index (χ4n) is 4.88. The van der Waals surface area contributed by atoms with E-state index in [0.29, 0.717) is 11.4 Å². The molecule has 1 unspecified atom stereocenters. The van der Waals surface area contributed by atoms with Crippen LogP contribution in [0.15, 0.2) is 76.0 Å². The lowest BCUT2D eigenvalue weighted by Gasteiger charge is -2.21. The summed E-state index contributed by atoms with van der Waals surface area (Å²) in [6.07, 6.45) is -0.167. The zero-order valence-electron chi connectivity index (χ0n) is 23.1. The van der Waals surface area contributed by atoms with Crippen molar-refractivity contribution >= 4 is 62.1 Å². The SMILES string of the molecule is Cc1ccc(N2C(=O)C(CC(=O)Nc3ccc(-c4nc5ccc(C)cc5s4)cc3)N(Cc3c(=O)o[nH][n+]3C)C2=S)cc1. The molecule has 3 aromatic carbocycles. The first-order valence-electron chi connectivity index (χ1n) is 13.2.